The molecule has 0 radical (unpaired) electrons. The van der Waals surface area contributed by atoms with Crippen LogP contribution in [0.1, 0.15) is 5.01 Å². The van der Waals surface area contributed by atoms with Gasteiger partial charge in [0, 0.05) is 7.11 Å². The number of methoxy groups -OCH3 is 1. The third-order valence-electron chi connectivity index (χ3n) is 0.991. The van der Waals surface area contributed by atoms with Crippen LogP contribution in [0.5, 0.6) is 0 Å². The maximum atomic E-state index is 10.0. The second kappa shape index (κ2) is 5.23. The molecule has 6 heteroatoms. The highest BCUT2D eigenvalue weighted by Crippen LogP contribution is 2.21. The van der Waals surface area contributed by atoms with E-state index in [1.54, 1.807) is 7.11 Å². The lowest BCUT2D eigenvalue weighted by atomic mass is 10.8. The first-order chi connectivity index (χ1) is 5.86. The minimum Gasteiger partial charge on any atom is -0.377 e. The average molecular weight is 204 g/mol. The van der Waals surface area contributed by atoms with Gasteiger partial charge in [-0.3, -0.25) is 0 Å². The predicted molar refractivity (Wildman–Crippen MR) is 47.4 cm³/mol. The topological polar surface area (TPSA) is 52.1 Å². The van der Waals surface area contributed by atoms with E-state index < -0.39 is 0 Å². The molecule has 1 aromatic heterocycles. The van der Waals surface area contributed by atoms with E-state index in [0.717, 1.165) is 15.6 Å². The Balaban J connectivity index is 2.46. The quantitative estimate of drug-likeness (QED) is 0.528. The molecule has 1 heterocycles. The smallest absolute Gasteiger partial charge is 0.174 e. The summed E-state index contributed by atoms with van der Waals surface area (Å²) in [6, 6.07) is 0. The fourth-order valence-corrected chi connectivity index (χ4v) is 2.16. The van der Waals surface area contributed by atoms with Crippen molar-refractivity contribution in [3.8, 4) is 0 Å². The molecule has 0 amide bonds. The Labute approximate surface area is 78.3 Å². The molecule has 0 fully saturated rings. The Morgan fingerprint density at radius 1 is 1.67 bits per heavy atom. The lowest BCUT2D eigenvalue weighted by Crippen LogP contribution is -1.84. The molecule has 12 heavy (non-hydrogen) atoms. The highest BCUT2D eigenvalue weighted by Gasteiger charge is 2.02. The summed E-state index contributed by atoms with van der Waals surface area (Å²) < 4.78 is 5.69. The van der Waals surface area contributed by atoms with Crippen LogP contribution >= 0.6 is 23.1 Å². The van der Waals surface area contributed by atoms with Gasteiger partial charge in [-0.1, -0.05) is 23.1 Å². The predicted octanol–water partition coefficient (Wildman–Crippen LogP) is 0.976. The summed E-state index contributed by atoms with van der Waals surface area (Å²) in [5.41, 5.74) is 0. The molecule has 0 spiro atoms. The largest absolute Gasteiger partial charge is 0.377 e. The molecule has 0 aromatic carbocycles. The molecular formula is C6H8N2O2S2. The van der Waals surface area contributed by atoms with Crippen LogP contribution in [0.2, 0.25) is 0 Å². The fraction of sp³-hybridized carbons (Fsp3) is 0.500. The lowest BCUT2D eigenvalue weighted by molar-refractivity contribution is -0.105. The summed E-state index contributed by atoms with van der Waals surface area (Å²) >= 11 is 2.84. The van der Waals surface area contributed by atoms with Gasteiger partial charge in [0.2, 0.25) is 0 Å². The standard InChI is InChI=1S/C6H8N2O2S2/c1-10-4-5-7-8-6(12-5)11-3-2-9/h2H,3-4H2,1H3. The van der Waals surface area contributed by atoms with E-state index in [-0.39, 0.29) is 0 Å². The number of ether oxygens (including phenoxy) is 1. The number of carbonyl (C=O) groups excluding carboxylic acids is 1. The van der Waals surface area contributed by atoms with Gasteiger partial charge in [-0.15, -0.1) is 10.2 Å². The van der Waals surface area contributed by atoms with E-state index in [9.17, 15) is 4.79 Å². The zero-order chi connectivity index (χ0) is 8.81. The minimum atomic E-state index is 0.432. The number of rotatable bonds is 5. The molecule has 0 saturated heterocycles. The molecule has 0 atom stereocenters. The number of hydrogen-bond acceptors (Lipinski definition) is 6. The van der Waals surface area contributed by atoms with Crippen LogP contribution in [0.25, 0.3) is 0 Å². The van der Waals surface area contributed by atoms with Crippen LogP contribution in [-0.2, 0) is 16.1 Å². The van der Waals surface area contributed by atoms with Crippen molar-refractivity contribution in [1.82, 2.24) is 10.2 Å². The average Bonchev–Trinajstić information content (AvgIpc) is 2.50. The van der Waals surface area contributed by atoms with Crippen molar-refractivity contribution >= 4 is 29.4 Å². The highest BCUT2D eigenvalue weighted by atomic mass is 32.2. The molecule has 0 saturated carbocycles. The zero-order valence-electron chi connectivity index (χ0n) is 6.52. The minimum absolute atomic E-state index is 0.432. The molecule has 4 nitrogen and oxygen atoms in total. The molecule has 0 aliphatic rings. The third-order valence-corrected chi connectivity index (χ3v) is 2.92. The van der Waals surface area contributed by atoms with Crippen LogP contribution in [0.4, 0.5) is 0 Å². The summed E-state index contributed by atoms with van der Waals surface area (Å²) in [7, 11) is 1.61. The van der Waals surface area contributed by atoms with E-state index in [4.69, 9.17) is 4.74 Å². The number of hydrogen-bond donors (Lipinski definition) is 0. The Kier molecular flexibility index (Phi) is 4.20. The third kappa shape index (κ3) is 2.88. The van der Waals surface area contributed by atoms with Gasteiger partial charge in [0.15, 0.2) is 4.34 Å². The van der Waals surface area contributed by atoms with E-state index in [1.165, 1.54) is 23.1 Å². The van der Waals surface area contributed by atoms with Crippen LogP contribution < -0.4 is 0 Å². The molecule has 66 valence electrons. The number of aromatic nitrogens is 2. The Hall–Kier alpha value is -0.460. The van der Waals surface area contributed by atoms with Crippen molar-refractivity contribution in [3.05, 3.63) is 5.01 Å². The van der Waals surface area contributed by atoms with Gasteiger partial charge in [-0.25, -0.2) is 0 Å². The van der Waals surface area contributed by atoms with E-state index in [1.807, 2.05) is 0 Å². The SMILES string of the molecule is COCc1nnc(SCC=O)s1. The van der Waals surface area contributed by atoms with Gasteiger partial charge in [0.25, 0.3) is 0 Å². The number of aldehydes is 1. The van der Waals surface area contributed by atoms with E-state index >= 15 is 0 Å². The van der Waals surface area contributed by atoms with Crippen LogP contribution in [0, 0.1) is 0 Å². The van der Waals surface area contributed by atoms with Crippen molar-refractivity contribution in [2.45, 2.75) is 10.9 Å². The summed E-state index contributed by atoms with van der Waals surface area (Å²) in [5, 5.41) is 8.57. The summed E-state index contributed by atoms with van der Waals surface area (Å²) in [5.74, 6) is 0.432. The monoisotopic (exact) mass is 204 g/mol. The Morgan fingerprint density at radius 3 is 3.17 bits per heavy atom. The van der Waals surface area contributed by atoms with E-state index in [0.29, 0.717) is 12.4 Å². The van der Waals surface area contributed by atoms with Gasteiger partial charge in [0.1, 0.15) is 11.3 Å². The molecule has 0 N–H and O–H groups in total. The van der Waals surface area contributed by atoms with Crippen LogP contribution in [-0.4, -0.2) is 29.3 Å². The van der Waals surface area contributed by atoms with Crippen molar-refractivity contribution < 1.29 is 9.53 Å². The molecule has 0 bridgehead atoms. The first kappa shape index (κ1) is 9.63. The first-order valence-electron chi connectivity index (χ1n) is 3.24. The number of thioether (sulfide) groups is 1. The van der Waals surface area contributed by atoms with Crippen molar-refractivity contribution in [1.29, 1.82) is 0 Å². The number of nitrogens with zero attached hydrogens (tertiary/aromatic N) is 2. The molecule has 1 rings (SSSR count). The molecule has 0 aliphatic carbocycles. The molecule has 1 aromatic rings. The molecule has 0 aliphatic heterocycles. The number of carbonyl (C=O) groups is 1. The maximum absolute atomic E-state index is 10.0. The van der Waals surface area contributed by atoms with E-state index in [2.05, 4.69) is 10.2 Å². The van der Waals surface area contributed by atoms with Gasteiger partial charge in [-0.2, -0.15) is 0 Å². The van der Waals surface area contributed by atoms with Crippen molar-refractivity contribution in [3.63, 3.8) is 0 Å². The van der Waals surface area contributed by atoms with Gasteiger partial charge >= 0.3 is 0 Å². The highest BCUT2D eigenvalue weighted by molar-refractivity contribution is 8.01. The molecule has 0 unspecified atom stereocenters. The second-order valence-corrected chi connectivity index (χ2v) is 4.20. The Bertz CT molecular complexity index is 251. The van der Waals surface area contributed by atoms with Crippen molar-refractivity contribution in [2.24, 2.45) is 0 Å². The first-order valence-corrected chi connectivity index (χ1v) is 5.04. The second-order valence-electron chi connectivity index (χ2n) is 1.87. The molecular weight excluding hydrogens is 196 g/mol. The summed E-state index contributed by atoms with van der Waals surface area (Å²) in [4.78, 5) is 10.0. The van der Waals surface area contributed by atoms with Crippen LogP contribution in [0.15, 0.2) is 4.34 Å². The Morgan fingerprint density at radius 2 is 2.50 bits per heavy atom. The maximum Gasteiger partial charge on any atom is 0.174 e. The van der Waals surface area contributed by atoms with Crippen molar-refractivity contribution in [2.75, 3.05) is 12.9 Å². The van der Waals surface area contributed by atoms with Gasteiger partial charge < -0.3 is 9.53 Å². The lowest BCUT2D eigenvalue weighted by Gasteiger charge is -1.87. The zero-order valence-corrected chi connectivity index (χ0v) is 8.15. The normalized spacial score (nSPS) is 10.1. The summed E-state index contributed by atoms with van der Waals surface area (Å²) in [6.07, 6.45) is 0.849. The fourth-order valence-electron chi connectivity index (χ4n) is 0.584. The van der Waals surface area contributed by atoms with Gasteiger partial charge in [0.05, 0.1) is 12.4 Å². The van der Waals surface area contributed by atoms with Gasteiger partial charge in [-0.05, 0) is 0 Å². The van der Waals surface area contributed by atoms with Crippen LogP contribution in [0.3, 0.4) is 0 Å². The summed E-state index contributed by atoms with van der Waals surface area (Å²) in [6.45, 7) is 0.485.